The average molecular weight is 498 g/mol. The third kappa shape index (κ3) is 8.26. The molecule has 0 aliphatic carbocycles. The molecule has 2 aromatic carbocycles. The van der Waals surface area contributed by atoms with Crippen molar-refractivity contribution in [2.75, 3.05) is 26.8 Å². The van der Waals surface area contributed by atoms with E-state index in [0.29, 0.717) is 11.1 Å². The number of hydrogen-bond donors (Lipinski definition) is 6. The summed E-state index contributed by atoms with van der Waals surface area (Å²) in [7, 11) is 1.47. The molecule has 7 N–H and O–H groups in total. The van der Waals surface area contributed by atoms with Crippen LogP contribution in [0.5, 0.6) is 5.75 Å². The monoisotopic (exact) mass is 497 g/mol. The zero-order valence-electron chi connectivity index (χ0n) is 17.7. The van der Waals surface area contributed by atoms with Crippen LogP contribution in [0.3, 0.4) is 0 Å². The van der Waals surface area contributed by atoms with Crippen molar-refractivity contribution >= 4 is 47.6 Å². The van der Waals surface area contributed by atoms with Gasteiger partial charge in [0, 0.05) is 47.4 Å². The molecule has 0 heterocycles. The summed E-state index contributed by atoms with van der Waals surface area (Å²) in [5.74, 6) is -1.19. The molecule has 0 aromatic heterocycles. The number of nitrogens with two attached hydrogens (primary N) is 1. The zero-order valence-corrected chi connectivity index (χ0v) is 19.3. The number of aliphatic hydroxyl groups is 1. The van der Waals surface area contributed by atoms with Crippen molar-refractivity contribution in [1.82, 2.24) is 16.0 Å². The molecule has 2 rings (SSSR count). The van der Waals surface area contributed by atoms with E-state index in [0.717, 1.165) is 0 Å². The quantitative estimate of drug-likeness (QED) is 0.210. The molecule has 0 fully saturated rings. The Hall–Kier alpha value is -3.34. The Labute approximate surface area is 201 Å². The van der Waals surface area contributed by atoms with Gasteiger partial charge in [-0.2, -0.15) is 0 Å². The zero-order chi connectivity index (χ0) is 23.7. The van der Waals surface area contributed by atoms with E-state index in [4.69, 9.17) is 32.6 Å². The minimum atomic E-state index is -0.489. The topological polar surface area (TPSA) is 167 Å². The Kier molecular flexibility index (Phi) is 11.1. The van der Waals surface area contributed by atoms with Crippen LogP contribution in [0.25, 0.3) is 0 Å². The van der Waals surface area contributed by atoms with E-state index in [2.05, 4.69) is 16.0 Å². The van der Waals surface area contributed by atoms with Crippen molar-refractivity contribution in [2.24, 2.45) is 5.73 Å². The first-order valence-corrected chi connectivity index (χ1v) is 9.91. The summed E-state index contributed by atoms with van der Waals surface area (Å²) >= 11 is 6.05. The van der Waals surface area contributed by atoms with Crippen LogP contribution in [0.15, 0.2) is 36.4 Å². The summed E-state index contributed by atoms with van der Waals surface area (Å²) in [6, 6.07) is 8.95. The average Bonchev–Trinajstić information content (AvgIpc) is 2.78. The van der Waals surface area contributed by atoms with Crippen molar-refractivity contribution in [1.29, 1.82) is 5.41 Å². The number of nitrogens with one attached hydrogen (secondary N) is 4. The van der Waals surface area contributed by atoms with Gasteiger partial charge in [-0.25, -0.2) is 0 Å². The maximum atomic E-state index is 12.7. The molecule has 0 unspecified atom stereocenters. The predicted octanol–water partition coefficient (Wildman–Crippen LogP) is 0.823. The van der Waals surface area contributed by atoms with E-state index in [1.807, 2.05) is 0 Å². The molecule has 12 heteroatoms. The minimum absolute atomic E-state index is 0. The number of amidine groups is 1. The third-order valence-electron chi connectivity index (χ3n) is 4.27. The summed E-state index contributed by atoms with van der Waals surface area (Å²) in [6.07, 6.45) is 0. The summed E-state index contributed by atoms with van der Waals surface area (Å²) in [5.41, 5.74) is 6.81. The lowest BCUT2D eigenvalue weighted by molar-refractivity contribution is -0.122. The van der Waals surface area contributed by atoms with Gasteiger partial charge in [0.05, 0.1) is 6.61 Å². The Morgan fingerprint density at radius 1 is 1.06 bits per heavy atom. The number of amides is 3. The van der Waals surface area contributed by atoms with Gasteiger partial charge >= 0.3 is 0 Å². The van der Waals surface area contributed by atoms with E-state index in [1.54, 1.807) is 12.1 Å². The number of likely N-dealkylation sites (N-methyl/N-ethyl adjacent to an activating group) is 1. The predicted molar refractivity (Wildman–Crippen MR) is 126 cm³/mol. The van der Waals surface area contributed by atoms with Gasteiger partial charge in [0.25, 0.3) is 17.7 Å². The van der Waals surface area contributed by atoms with Gasteiger partial charge in [0.1, 0.15) is 11.6 Å². The van der Waals surface area contributed by atoms with Crippen LogP contribution in [0.2, 0.25) is 5.02 Å². The number of aliphatic hydroxyl groups excluding tert-OH is 1. The fourth-order valence-corrected chi connectivity index (χ4v) is 2.85. The smallest absolute Gasteiger partial charge is 0.257 e. The second-order valence-electron chi connectivity index (χ2n) is 6.59. The van der Waals surface area contributed by atoms with Crippen LogP contribution in [0.1, 0.15) is 31.8 Å². The maximum absolute atomic E-state index is 12.7. The Morgan fingerprint density at radius 3 is 2.27 bits per heavy atom. The highest BCUT2D eigenvalue weighted by Gasteiger charge is 2.14. The highest BCUT2D eigenvalue weighted by Crippen LogP contribution is 2.21. The lowest BCUT2D eigenvalue weighted by Gasteiger charge is -2.14. The first-order valence-electron chi connectivity index (χ1n) is 9.53. The van der Waals surface area contributed by atoms with Gasteiger partial charge in [0.2, 0.25) is 0 Å². The van der Waals surface area contributed by atoms with E-state index in [-0.39, 0.29) is 72.4 Å². The summed E-state index contributed by atoms with van der Waals surface area (Å²) in [6.45, 7) is -0.355. The van der Waals surface area contributed by atoms with E-state index in [1.165, 1.54) is 31.3 Å². The molecule has 0 spiro atoms. The number of ether oxygens (including phenoxy) is 1. The van der Waals surface area contributed by atoms with Gasteiger partial charge in [0.15, 0.2) is 6.61 Å². The largest absolute Gasteiger partial charge is 0.483 e. The molecule has 178 valence electrons. The molecule has 0 saturated carbocycles. The van der Waals surface area contributed by atoms with Crippen LogP contribution >= 0.6 is 24.0 Å². The Bertz CT molecular complexity index is 1030. The molecular formula is C21H25Cl2N5O5. The minimum Gasteiger partial charge on any atom is -0.483 e. The van der Waals surface area contributed by atoms with Crippen molar-refractivity contribution in [2.45, 2.75) is 6.54 Å². The van der Waals surface area contributed by atoms with Gasteiger partial charge in [-0.15, -0.1) is 12.4 Å². The molecule has 0 bridgehead atoms. The van der Waals surface area contributed by atoms with Crippen LogP contribution in [0, 0.1) is 5.41 Å². The third-order valence-corrected chi connectivity index (χ3v) is 4.49. The molecule has 0 aliphatic heterocycles. The van der Waals surface area contributed by atoms with E-state index >= 15 is 0 Å². The van der Waals surface area contributed by atoms with Crippen molar-refractivity contribution < 1.29 is 24.2 Å². The molecule has 2 aromatic rings. The molecule has 0 atom stereocenters. The number of hydrogen-bond acceptors (Lipinski definition) is 6. The van der Waals surface area contributed by atoms with Crippen LogP contribution in [-0.4, -0.2) is 55.5 Å². The summed E-state index contributed by atoms with van der Waals surface area (Å²) in [4.78, 5) is 36.3. The van der Waals surface area contributed by atoms with Gasteiger partial charge in [-0.1, -0.05) is 23.7 Å². The summed E-state index contributed by atoms with van der Waals surface area (Å²) < 4.78 is 5.52. The molecule has 0 radical (unpaired) electrons. The first kappa shape index (κ1) is 27.7. The lowest BCUT2D eigenvalue weighted by Crippen LogP contribution is -2.28. The Morgan fingerprint density at radius 2 is 1.70 bits per heavy atom. The van der Waals surface area contributed by atoms with Gasteiger partial charge in [-0.05, 0) is 24.3 Å². The van der Waals surface area contributed by atoms with Crippen molar-refractivity contribution in [3.63, 3.8) is 0 Å². The SMILES string of the molecule is CNC(=O)COc1cc(C(=N)N)ccc1CNC(=O)c1cc(Cl)cc(C(=O)NCCO)c1.Cl. The number of halogens is 2. The highest BCUT2D eigenvalue weighted by molar-refractivity contribution is 6.31. The van der Waals surface area contributed by atoms with Crippen LogP contribution < -0.4 is 26.4 Å². The van der Waals surface area contributed by atoms with Gasteiger partial charge < -0.3 is 31.5 Å². The van der Waals surface area contributed by atoms with Crippen molar-refractivity contribution in [3.05, 3.63) is 63.7 Å². The maximum Gasteiger partial charge on any atom is 0.257 e. The second-order valence-corrected chi connectivity index (χ2v) is 7.03. The number of nitrogen functional groups attached to an aromatic ring is 1. The van der Waals surface area contributed by atoms with E-state index < -0.39 is 11.8 Å². The summed E-state index contributed by atoms with van der Waals surface area (Å²) in [5, 5.41) is 24.2. The molecular weight excluding hydrogens is 473 g/mol. The first-order chi connectivity index (χ1) is 15.2. The van der Waals surface area contributed by atoms with E-state index in [9.17, 15) is 14.4 Å². The number of rotatable bonds is 10. The number of carbonyl (C=O) groups is 3. The van der Waals surface area contributed by atoms with Crippen molar-refractivity contribution in [3.8, 4) is 5.75 Å². The second kappa shape index (κ2) is 13.3. The molecule has 0 aliphatic rings. The van der Waals surface area contributed by atoms with Crippen LogP contribution in [0.4, 0.5) is 0 Å². The fourth-order valence-electron chi connectivity index (χ4n) is 2.62. The number of benzene rings is 2. The number of carbonyl (C=O) groups excluding carboxylic acids is 3. The highest BCUT2D eigenvalue weighted by atomic mass is 35.5. The molecule has 33 heavy (non-hydrogen) atoms. The normalized spacial score (nSPS) is 9.91. The Balaban J connectivity index is 0.00000544. The fraction of sp³-hybridized carbons (Fsp3) is 0.238. The van der Waals surface area contributed by atoms with Crippen LogP contribution in [-0.2, 0) is 11.3 Å². The standard InChI is InChI=1S/C21H24ClN5O5.ClH/c1-25-18(29)11-32-17-9-12(19(23)24)2-3-13(17)10-27-21(31)15-6-14(7-16(22)8-15)20(30)26-4-5-28;/h2-3,6-9,28H,4-5,10-11H2,1H3,(H3,23,24)(H,25,29)(H,26,30)(H,27,31);1H. The molecule has 3 amide bonds. The van der Waals surface area contributed by atoms with Gasteiger partial charge in [-0.3, -0.25) is 19.8 Å². The molecule has 10 nitrogen and oxygen atoms in total. The lowest BCUT2D eigenvalue weighted by atomic mass is 10.1. The molecule has 0 saturated heterocycles.